The molecule has 1 aliphatic rings. The zero-order valence-corrected chi connectivity index (χ0v) is 13.4. The number of ether oxygens (including phenoxy) is 1. The van der Waals surface area contributed by atoms with Crippen molar-refractivity contribution in [2.75, 3.05) is 24.3 Å². The third-order valence-electron chi connectivity index (χ3n) is 3.43. The van der Waals surface area contributed by atoms with Crippen molar-refractivity contribution in [3.05, 3.63) is 52.8 Å². The molecule has 6 heteroatoms. The summed E-state index contributed by atoms with van der Waals surface area (Å²) < 4.78 is 18.7. The lowest BCUT2D eigenvalue weighted by Crippen LogP contribution is -2.38. The van der Waals surface area contributed by atoms with Gasteiger partial charge in [0.1, 0.15) is 18.2 Å². The second-order valence-electron chi connectivity index (χ2n) is 4.76. The normalized spacial score (nSPS) is 13.5. The predicted molar refractivity (Wildman–Crippen MR) is 86.8 cm³/mol. The van der Waals surface area contributed by atoms with Gasteiger partial charge in [0.2, 0.25) is 0 Å². The molecular formula is C16H13ClFNO2S. The summed E-state index contributed by atoms with van der Waals surface area (Å²) in [7, 11) is 0. The van der Waals surface area contributed by atoms with Crippen LogP contribution in [0.1, 0.15) is 10.4 Å². The van der Waals surface area contributed by atoms with E-state index in [2.05, 4.69) is 0 Å². The lowest BCUT2D eigenvalue weighted by molar-refractivity contribution is 0.0976. The van der Waals surface area contributed by atoms with Gasteiger partial charge in [-0.05, 0) is 36.6 Å². The number of fused-ring (bicyclic) bond motifs is 1. The Balaban J connectivity index is 2.01. The molecule has 1 aliphatic heterocycles. The molecule has 0 unspecified atom stereocenters. The molecule has 114 valence electrons. The third-order valence-corrected chi connectivity index (χ3v) is 4.49. The van der Waals surface area contributed by atoms with Gasteiger partial charge >= 0.3 is 0 Å². The summed E-state index contributed by atoms with van der Waals surface area (Å²) in [6, 6.07) is 9.50. The van der Waals surface area contributed by atoms with E-state index in [1.807, 2.05) is 12.3 Å². The quantitative estimate of drug-likeness (QED) is 0.768. The minimum absolute atomic E-state index is 0.211. The van der Waals surface area contributed by atoms with Gasteiger partial charge in [-0.2, -0.15) is 0 Å². The van der Waals surface area contributed by atoms with E-state index in [-0.39, 0.29) is 5.91 Å². The molecule has 0 saturated heterocycles. The molecule has 0 radical (unpaired) electrons. The molecule has 0 aliphatic carbocycles. The molecule has 0 fully saturated rings. The van der Waals surface area contributed by atoms with Gasteiger partial charge in [-0.25, -0.2) is 4.39 Å². The van der Waals surface area contributed by atoms with Crippen LogP contribution >= 0.6 is 23.4 Å². The standard InChI is InChI=1S/C16H13ClFNO2S/c1-22-11-3-4-13(17)12(9-11)16(20)19-6-7-21-15-8-10(18)2-5-14(15)19/h2-5,8-9H,6-7H2,1H3. The monoisotopic (exact) mass is 337 g/mol. The maximum absolute atomic E-state index is 13.3. The van der Waals surface area contributed by atoms with Crippen LogP contribution in [-0.4, -0.2) is 25.3 Å². The number of amides is 1. The first-order valence-corrected chi connectivity index (χ1v) is 8.28. The topological polar surface area (TPSA) is 29.5 Å². The summed E-state index contributed by atoms with van der Waals surface area (Å²) in [5.74, 6) is -0.232. The Morgan fingerprint density at radius 2 is 2.14 bits per heavy atom. The molecule has 22 heavy (non-hydrogen) atoms. The first-order valence-electron chi connectivity index (χ1n) is 6.68. The van der Waals surface area contributed by atoms with E-state index in [1.165, 1.54) is 23.9 Å². The van der Waals surface area contributed by atoms with Gasteiger partial charge in [0.05, 0.1) is 22.8 Å². The highest BCUT2D eigenvalue weighted by molar-refractivity contribution is 7.98. The highest BCUT2D eigenvalue weighted by atomic mass is 35.5. The molecule has 1 heterocycles. The van der Waals surface area contributed by atoms with Crippen LogP contribution in [0.25, 0.3) is 0 Å². The number of carbonyl (C=O) groups is 1. The number of hydrogen-bond donors (Lipinski definition) is 0. The molecule has 1 amide bonds. The van der Waals surface area contributed by atoms with Crippen LogP contribution in [-0.2, 0) is 0 Å². The fourth-order valence-corrected chi connectivity index (χ4v) is 2.98. The average Bonchev–Trinajstić information content (AvgIpc) is 2.54. The van der Waals surface area contributed by atoms with Crippen LogP contribution in [0.4, 0.5) is 10.1 Å². The SMILES string of the molecule is CSc1ccc(Cl)c(C(=O)N2CCOc3cc(F)ccc32)c1. The summed E-state index contributed by atoms with van der Waals surface area (Å²) in [4.78, 5) is 15.4. The van der Waals surface area contributed by atoms with Crippen molar-refractivity contribution in [2.24, 2.45) is 0 Å². The first-order chi connectivity index (χ1) is 10.6. The maximum atomic E-state index is 13.3. The Hall–Kier alpha value is -1.72. The van der Waals surface area contributed by atoms with Gasteiger partial charge in [-0.1, -0.05) is 11.6 Å². The van der Waals surface area contributed by atoms with Gasteiger partial charge in [-0.3, -0.25) is 4.79 Å². The number of rotatable bonds is 2. The van der Waals surface area contributed by atoms with Crippen LogP contribution < -0.4 is 9.64 Å². The Labute approximate surface area is 137 Å². The number of thioether (sulfide) groups is 1. The Morgan fingerprint density at radius 1 is 1.32 bits per heavy atom. The van der Waals surface area contributed by atoms with Crippen molar-refractivity contribution in [2.45, 2.75) is 4.90 Å². The van der Waals surface area contributed by atoms with Crippen LogP contribution in [0.15, 0.2) is 41.3 Å². The molecular weight excluding hydrogens is 325 g/mol. The molecule has 0 atom stereocenters. The molecule has 0 bridgehead atoms. The van der Waals surface area contributed by atoms with Crippen molar-refractivity contribution < 1.29 is 13.9 Å². The number of anilines is 1. The summed E-state index contributed by atoms with van der Waals surface area (Å²) in [6.45, 7) is 0.722. The maximum Gasteiger partial charge on any atom is 0.260 e. The highest BCUT2D eigenvalue weighted by Gasteiger charge is 2.26. The lowest BCUT2D eigenvalue weighted by atomic mass is 10.1. The van der Waals surface area contributed by atoms with Gasteiger partial charge in [0.25, 0.3) is 5.91 Å². The molecule has 3 nitrogen and oxygen atoms in total. The number of halogens is 2. The number of hydrogen-bond acceptors (Lipinski definition) is 3. The van der Waals surface area contributed by atoms with E-state index in [1.54, 1.807) is 23.1 Å². The Morgan fingerprint density at radius 3 is 2.91 bits per heavy atom. The van der Waals surface area contributed by atoms with Crippen LogP contribution in [0.3, 0.4) is 0 Å². The van der Waals surface area contributed by atoms with Crippen molar-refractivity contribution in [3.63, 3.8) is 0 Å². The molecule has 2 aromatic carbocycles. The summed E-state index contributed by atoms with van der Waals surface area (Å²) in [6.07, 6.45) is 1.93. The first kappa shape index (κ1) is 15.2. The predicted octanol–water partition coefficient (Wildman–Crippen LogP) is 4.24. The third kappa shape index (κ3) is 2.78. The fourth-order valence-electron chi connectivity index (χ4n) is 2.35. The Kier molecular flexibility index (Phi) is 4.27. The van der Waals surface area contributed by atoms with Gasteiger partial charge in [-0.15, -0.1) is 11.8 Å². The van der Waals surface area contributed by atoms with Gasteiger partial charge in [0, 0.05) is 11.0 Å². The fraction of sp³-hybridized carbons (Fsp3) is 0.188. The zero-order valence-electron chi connectivity index (χ0n) is 11.8. The van der Waals surface area contributed by atoms with Crippen molar-refractivity contribution in [3.8, 4) is 5.75 Å². The summed E-state index contributed by atoms with van der Waals surface area (Å²) in [5.41, 5.74) is 0.994. The van der Waals surface area contributed by atoms with E-state index in [0.29, 0.717) is 35.2 Å². The lowest BCUT2D eigenvalue weighted by Gasteiger charge is -2.29. The smallest absolute Gasteiger partial charge is 0.260 e. The molecule has 0 aromatic heterocycles. The minimum atomic E-state index is -0.393. The number of nitrogens with zero attached hydrogens (tertiary/aromatic N) is 1. The van der Waals surface area contributed by atoms with Crippen molar-refractivity contribution >= 4 is 35.0 Å². The zero-order chi connectivity index (χ0) is 15.7. The molecule has 3 rings (SSSR count). The number of carbonyl (C=O) groups excluding carboxylic acids is 1. The molecule has 0 spiro atoms. The second kappa shape index (κ2) is 6.18. The number of benzene rings is 2. The summed E-state index contributed by atoms with van der Waals surface area (Å²) in [5, 5.41) is 0.401. The van der Waals surface area contributed by atoms with Crippen molar-refractivity contribution in [1.29, 1.82) is 0 Å². The van der Waals surface area contributed by atoms with Gasteiger partial charge in [0.15, 0.2) is 0 Å². The van der Waals surface area contributed by atoms with Crippen LogP contribution in [0, 0.1) is 5.82 Å². The molecule has 0 N–H and O–H groups in total. The summed E-state index contributed by atoms with van der Waals surface area (Å²) >= 11 is 7.71. The van der Waals surface area contributed by atoms with E-state index in [0.717, 1.165) is 4.90 Å². The Bertz CT molecular complexity index is 738. The second-order valence-corrected chi connectivity index (χ2v) is 6.05. The van der Waals surface area contributed by atoms with E-state index in [9.17, 15) is 9.18 Å². The van der Waals surface area contributed by atoms with E-state index >= 15 is 0 Å². The van der Waals surface area contributed by atoms with Crippen molar-refractivity contribution in [1.82, 2.24) is 0 Å². The van der Waals surface area contributed by atoms with Crippen LogP contribution in [0.5, 0.6) is 5.75 Å². The van der Waals surface area contributed by atoms with Gasteiger partial charge < -0.3 is 9.64 Å². The largest absolute Gasteiger partial charge is 0.489 e. The van der Waals surface area contributed by atoms with E-state index in [4.69, 9.17) is 16.3 Å². The minimum Gasteiger partial charge on any atom is -0.489 e. The highest BCUT2D eigenvalue weighted by Crippen LogP contribution is 2.34. The van der Waals surface area contributed by atoms with Crippen LogP contribution in [0.2, 0.25) is 5.02 Å². The van der Waals surface area contributed by atoms with E-state index < -0.39 is 5.82 Å². The molecule has 2 aromatic rings. The molecule has 0 saturated carbocycles. The average molecular weight is 338 g/mol.